The summed E-state index contributed by atoms with van der Waals surface area (Å²) in [6.07, 6.45) is 3.21. The maximum absolute atomic E-state index is 12.4. The zero-order valence-corrected chi connectivity index (χ0v) is 36.0. The van der Waals surface area contributed by atoms with Crippen molar-refractivity contribution in [1.29, 1.82) is 0 Å². The van der Waals surface area contributed by atoms with Crippen LogP contribution in [0.25, 0.3) is 20.2 Å². The van der Waals surface area contributed by atoms with Crippen LogP contribution in [0.2, 0.25) is 0 Å². The summed E-state index contributed by atoms with van der Waals surface area (Å²) in [6.45, 7) is 5.17. The third-order valence-electron chi connectivity index (χ3n) is 10.2. The fourth-order valence-electron chi connectivity index (χ4n) is 6.80. The molecule has 58 heavy (non-hydrogen) atoms. The third-order valence-corrected chi connectivity index (χ3v) is 12.2. The highest BCUT2D eigenvalue weighted by molar-refractivity contribution is 7.17. The molecule has 6 rings (SSSR count). The van der Waals surface area contributed by atoms with E-state index in [1.807, 2.05) is 66.3 Å². The Morgan fingerprint density at radius 2 is 0.914 bits per heavy atom. The molecule has 12 heteroatoms. The Morgan fingerprint density at radius 3 is 1.28 bits per heavy atom. The van der Waals surface area contributed by atoms with Gasteiger partial charge in [0.15, 0.2) is 0 Å². The number of amides is 4. The topological polar surface area (TPSA) is 129 Å². The molecule has 0 saturated heterocycles. The Morgan fingerprint density at radius 1 is 0.552 bits per heavy atom. The Kier molecular flexibility index (Phi) is 16.4. The normalized spacial score (nSPS) is 13.4. The number of carbonyl (C=O) groups is 2. The van der Waals surface area contributed by atoms with Gasteiger partial charge in [0.25, 0.3) is 0 Å². The number of benzene rings is 4. The summed E-state index contributed by atoms with van der Waals surface area (Å²) in [5, 5.41) is 37.9. The highest BCUT2D eigenvalue weighted by Crippen LogP contribution is 2.27. The van der Waals surface area contributed by atoms with E-state index in [1.165, 1.54) is 31.3 Å². The van der Waals surface area contributed by atoms with Crippen molar-refractivity contribution >= 4 is 54.9 Å². The van der Waals surface area contributed by atoms with Crippen molar-refractivity contribution in [2.24, 2.45) is 0 Å². The number of phenols is 2. The van der Waals surface area contributed by atoms with Crippen LogP contribution in [0, 0.1) is 0 Å². The quantitative estimate of drug-likeness (QED) is 0.0587. The van der Waals surface area contributed by atoms with Crippen molar-refractivity contribution in [3.05, 3.63) is 130 Å². The first kappa shape index (κ1) is 44.0. The molecule has 0 fully saturated rings. The number of rotatable bonds is 16. The summed E-state index contributed by atoms with van der Waals surface area (Å²) in [5.74, 6) is 0.528. The molecule has 6 aromatic rings. The maximum atomic E-state index is 12.4. The molecule has 0 radical (unpaired) electrons. The lowest BCUT2D eigenvalue weighted by molar-refractivity contribution is 0.228. The van der Waals surface area contributed by atoms with Crippen LogP contribution in [0.5, 0.6) is 11.5 Å². The molecule has 0 spiro atoms. The summed E-state index contributed by atoms with van der Waals surface area (Å²) in [5.41, 5.74) is 4.80. The number of nitrogens with zero attached hydrogens (tertiary/aromatic N) is 2. The number of phenolic OH excluding ortho intramolecular Hbond substituents is 2. The number of urea groups is 2. The molecule has 10 nitrogen and oxygen atoms in total. The van der Waals surface area contributed by atoms with Gasteiger partial charge in [-0.05, 0) is 148 Å². The zero-order valence-electron chi connectivity index (χ0n) is 34.4. The van der Waals surface area contributed by atoms with Gasteiger partial charge in [-0.25, -0.2) is 9.59 Å². The summed E-state index contributed by atoms with van der Waals surface area (Å²) in [6, 6.07) is 31.3. The first-order valence-electron chi connectivity index (χ1n) is 19.7. The fraction of sp³-hybridized carbons (Fsp3) is 0.348. The first-order chi connectivity index (χ1) is 27.8. The number of nitrogens with one attached hydrogen (secondary N) is 4. The van der Waals surface area contributed by atoms with Gasteiger partial charge in [0, 0.05) is 46.7 Å². The maximum Gasteiger partial charge on any atom is 0.315 e. The second-order valence-corrected chi connectivity index (χ2v) is 17.2. The Labute approximate surface area is 350 Å². The molecule has 4 amide bonds. The highest BCUT2D eigenvalue weighted by atomic mass is 32.1. The lowest BCUT2D eigenvalue weighted by Gasteiger charge is -2.25. The van der Waals surface area contributed by atoms with E-state index in [0.29, 0.717) is 13.1 Å². The van der Waals surface area contributed by atoms with Gasteiger partial charge in [-0.1, -0.05) is 60.7 Å². The predicted molar refractivity (Wildman–Crippen MR) is 242 cm³/mol. The van der Waals surface area contributed by atoms with Gasteiger partial charge < -0.3 is 41.3 Å². The van der Waals surface area contributed by atoms with Crippen LogP contribution in [0.1, 0.15) is 36.1 Å². The molecule has 0 bridgehead atoms. The highest BCUT2D eigenvalue weighted by Gasteiger charge is 2.18. The Balaban J connectivity index is 0.000000221. The van der Waals surface area contributed by atoms with Crippen LogP contribution in [0.15, 0.2) is 108 Å². The average molecular weight is 823 g/mol. The smallest absolute Gasteiger partial charge is 0.315 e. The minimum absolute atomic E-state index is 0.0444. The molecule has 2 aromatic heterocycles. The van der Waals surface area contributed by atoms with Crippen molar-refractivity contribution in [2.45, 2.75) is 63.7 Å². The van der Waals surface area contributed by atoms with Crippen LogP contribution >= 0.6 is 22.7 Å². The van der Waals surface area contributed by atoms with Crippen LogP contribution in [0.3, 0.4) is 0 Å². The van der Waals surface area contributed by atoms with Crippen molar-refractivity contribution in [3.8, 4) is 11.5 Å². The minimum atomic E-state index is -0.144. The van der Waals surface area contributed by atoms with E-state index in [-0.39, 0.29) is 47.7 Å². The van der Waals surface area contributed by atoms with E-state index >= 15 is 0 Å². The molecule has 6 N–H and O–H groups in total. The second-order valence-electron chi connectivity index (χ2n) is 15.4. The second kappa shape index (κ2) is 21.6. The summed E-state index contributed by atoms with van der Waals surface area (Å²) < 4.78 is 2.56. The molecule has 1 unspecified atom stereocenters. The molecule has 4 aromatic carbocycles. The third kappa shape index (κ3) is 13.5. The van der Waals surface area contributed by atoms with E-state index < -0.39 is 0 Å². The van der Waals surface area contributed by atoms with Crippen LogP contribution in [0.4, 0.5) is 9.59 Å². The molecular formula is C46H58N6O4S2. The monoisotopic (exact) mass is 822 g/mol. The number of thiophene rings is 2. The number of aromatic hydroxyl groups is 2. The molecule has 0 aliphatic rings. The van der Waals surface area contributed by atoms with E-state index in [1.54, 1.807) is 46.9 Å². The number of fused-ring (bicyclic) bond motifs is 2. The molecule has 2 heterocycles. The van der Waals surface area contributed by atoms with Crippen molar-refractivity contribution in [1.82, 2.24) is 31.1 Å². The minimum Gasteiger partial charge on any atom is -0.508 e. The van der Waals surface area contributed by atoms with Crippen molar-refractivity contribution in [3.63, 3.8) is 0 Å². The van der Waals surface area contributed by atoms with E-state index in [0.717, 1.165) is 36.8 Å². The largest absolute Gasteiger partial charge is 0.508 e. The predicted octanol–water partition coefficient (Wildman–Crippen LogP) is 8.02. The summed E-state index contributed by atoms with van der Waals surface area (Å²) in [7, 11) is 8.04. The number of carbonyl (C=O) groups excluding carboxylic acids is 2. The van der Waals surface area contributed by atoms with Gasteiger partial charge in [-0.15, -0.1) is 22.7 Å². The molecule has 0 aliphatic heterocycles. The Hall–Kier alpha value is -5.14. The number of hydrogen-bond acceptors (Lipinski definition) is 8. The van der Waals surface area contributed by atoms with E-state index in [2.05, 4.69) is 90.4 Å². The zero-order chi connectivity index (χ0) is 41.6. The van der Waals surface area contributed by atoms with Gasteiger partial charge in [-0.2, -0.15) is 0 Å². The molecule has 0 saturated carbocycles. The average Bonchev–Trinajstić information content (AvgIpc) is 3.80. The van der Waals surface area contributed by atoms with Crippen LogP contribution in [-0.2, 0) is 25.7 Å². The van der Waals surface area contributed by atoms with Gasteiger partial charge in [-0.3, -0.25) is 0 Å². The van der Waals surface area contributed by atoms with Crippen LogP contribution < -0.4 is 21.3 Å². The summed E-state index contributed by atoms with van der Waals surface area (Å²) >= 11 is 3.49. The van der Waals surface area contributed by atoms with Crippen LogP contribution in [-0.4, -0.2) is 97.5 Å². The van der Waals surface area contributed by atoms with E-state index in [4.69, 9.17) is 0 Å². The van der Waals surface area contributed by atoms with Gasteiger partial charge in [0.2, 0.25) is 0 Å². The molecule has 308 valence electrons. The molecular weight excluding hydrogens is 765 g/mol. The fourth-order valence-corrected chi connectivity index (χ4v) is 8.75. The lowest BCUT2D eigenvalue weighted by Crippen LogP contribution is -2.47. The lowest BCUT2D eigenvalue weighted by atomic mass is 10.0. The molecule has 0 aliphatic carbocycles. The summed E-state index contributed by atoms with van der Waals surface area (Å²) in [4.78, 5) is 29.0. The number of likely N-dealkylation sites (N-methyl/N-ethyl adjacent to an activating group) is 2. The number of hydrogen-bond donors (Lipinski definition) is 6. The van der Waals surface area contributed by atoms with Gasteiger partial charge >= 0.3 is 12.1 Å². The standard InChI is InChI=1S/2C23H29N3O2S/c2*1-16(12-18-15-29-22-7-5-4-6-21(18)22)25-23(28)24-14-19(26(2)3)13-17-8-10-20(27)11-9-17/h2*4-11,15-16,19,27H,12-14H2,1-3H3,(H2,24,25,28)/t16?,19-;16-,19-/m00/s1. The van der Waals surface area contributed by atoms with Gasteiger partial charge in [0.05, 0.1) is 0 Å². The van der Waals surface area contributed by atoms with Crippen molar-refractivity contribution in [2.75, 3.05) is 41.3 Å². The van der Waals surface area contributed by atoms with Gasteiger partial charge in [0.1, 0.15) is 11.5 Å². The van der Waals surface area contributed by atoms with Crippen molar-refractivity contribution < 1.29 is 19.8 Å². The van der Waals surface area contributed by atoms with E-state index in [9.17, 15) is 19.8 Å². The Bertz CT molecular complexity index is 2030. The SMILES string of the molecule is CC(Cc1csc2ccccc12)NC(=O)NC[C@H](Cc1ccc(O)cc1)N(C)C.C[C@@H](Cc1csc2ccccc12)NC(=O)NC[C@H](Cc1ccc(O)cc1)N(C)C. The molecule has 4 atom stereocenters. The first-order valence-corrected chi connectivity index (χ1v) is 21.5.